The highest BCUT2D eigenvalue weighted by Gasteiger charge is 2.39. The van der Waals surface area contributed by atoms with Crippen molar-refractivity contribution in [2.75, 3.05) is 13.6 Å². The molecule has 0 bridgehead atoms. The largest absolute Gasteiger partial charge is 0.358 e. The molecular formula is C10H16N4O3S. The molecule has 2 heterocycles. The van der Waals surface area contributed by atoms with Gasteiger partial charge in [0.25, 0.3) is 0 Å². The van der Waals surface area contributed by atoms with E-state index >= 15 is 0 Å². The van der Waals surface area contributed by atoms with Gasteiger partial charge in [-0.2, -0.15) is 9.40 Å². The van der Waals surface area contributed by atoms with E-state index in [1.54, 1.807) is 7.05 Å². The first kappa shape index (κ1) is 13.0. The number of carbonyl (C=O) groups excluding carboxylic acids is 1. The molecule has 1 aromatic heterocycles. The van der Waals surface area contributed by atoms with Crippen LogP contribution in [-0.4, -0.2) is 48.0 Å². The second-order valence-electron chi connectivity index (χ2n) is 4.24. The Balaban J connectivity index is 2.32. The van der Waals surface area contributed by atoms with Gasteiger partial charge in [-0.3, -0.25) is 9.48 Å². The van der Waals surface area contributed by atoms with Crippen molar-refractivity contribution in [3.8, 4) is 0 Å². The van der Waals surface area contributed by atoms with E-state index in [9.17, 15) is 13.2 Å². The third kappa shape index (κ3) is 2.13. The van der Waals surface area contributed by atoms with Gasteiger partial charge in [0.05, 0.1) is 6.20 Å². The van der Waals surface area contributed by atoms with Gasteiger partial charge >= 0.3 is 0 Å². The fourth-order valence-corrected chi connectivity index (χ4v) is 3.77. The minimum absolute atomic E-state index is 0.126. The van der Waals surface area contributed by atoms with Gasteiger partial charge < -0.3 is 5.32 Å². The van der Waals surface area contributed by atoms with Crippen molar-refractivity contribution in [3.63, 3.8) is 0 Å². The number of sulfonamides is 1. The number of nitrogens with one attached hydrogen (secondary N) is 1. The second-order valence-corrected chi connectivity index (χ2v) is 6.13. The Morgan fingerprint density at radius 1 is 1.56 bits per heavy atom. The van der Waals surface area contributed by atoms with Crippen LogP contribution in [0.2, 0.25) is 0 Å². The van der Waals surface area contributed by atoms with E-state index in [-0.39, 0.29) is 10.8 Å². The molecule has 1 unspecified atom stereocenters. The highest BCUT2D eigenvalue weighted by molar-refractivity contribution is 7.89. The average Bonchev–Trinajstić information content (AvgIpc) is 2.96. The third-order valence-electron chi connectivity index (χ3n) is 3.04. The molecule has 7 nitrogen and oxygen atoms in total. The molecule has 1 amide bonds. The number of amides is 1. The van der Waals surface area contributed by atoms with Crippen molar-refractivity contribution in [3.05, 3.63) is 12.4 Å². The van der Waals surface area contributed by atoms with Gasteiger partial charge in [0.15, 0.2) is 0 Å². The summed E-state index contributed by atoms with van der Waals surface area (Å²) < 4.78 is 27.4. The summed E-state index contributed by atoms with van der Waals surface area (Å²) in [6, 6.07) is -0.611. The van der Waals surface area contributed by atoms with Crippen LogP contribution in [0.25, 0.3) is 0 Å². The molecule has 18 heavy (non-hydrogen) atoms. The molecular weight excluding hydrogens is 256 g/mol. The Bertz CT molecular complexity index is 551. The Hall–Kier alpha value is -1.41. The van der Waals surface area contributed by atoms with Gasteiger partial charge in [0, 0.05) is 26.8 Å². The van der Waals surface area contributed by atoms with Crippen molar-refractivity contribution in [2.45, 2.75) is 23.8 Å². The highest BCUT2D eigenvalue weighted by Crippen LogP contribution is 2.25. The molecule has 1 saturated heterocycles. The summed E-state index contributed by atoms with van der Waals surface area (Å²) in [4.78, 5) is 11.8. The number of carbonyl (C=O) groups is 1. The molecule has 1 aliphatic rings. The summed E-state index contributed by atoms with van der Waals surface area (Å²) >= 11 is 0. The van der Waals surface area contributed by atoms with Crippen LogP contribution >= 0.6 is 0 Å². The lowest BCUT2D eigenvalue weighted by Gasteiger charge is -2.21. The van der Waals surface area contributed by atoms with Crippen molar-refractivity contribution in [1.82, 2.24) is 19.4 Å². The summed E-state index contributed by atoms with van der Waals surface area (Å²) in [5.41, 5.74) is 0. The predicted molar refractivity (Wildman–Crippen MR) is 64.2 cm³/mol. The molecule has 0 spiro atoms. The molecule has 0 aliphatic carbocycles. The van der Waals surface area contributed by atoms with Crippen LogP contribution in [0.5, 0.6) is 0 Å². The second kappa shape index (κ2) is 4.69. The Kier molecular flexibility index (Phi) is 3.40. The quantitative estimate of drug-likeness (QED) is 0.790. The van der Waals surface area contributed by atoms with E-state index < -0.39 is 16.1 Å². The minimum atomic E-state index is -3.63. The normalized spacial score (nSPS) is 21.1. The maximum absolute atomic E-state index is 12.4. The first-order valence-corrected chi connectivity index (χ1v) is 7.13. The number of aromatic nitrogens is 2. The Morgan fingerprint density at radius 3 is 2.83 bits per heavy atom. The third-order valence-corrected chi connectivity index (χ3v) is 4.90. The lowest BCUT2D eigenvalue weighted by atomic mass is 10.2. The number of rotatable bonds is 3. The number of hydrogen-bond acceptors (Lipinski definition) is 4. The van der Waals surface area contributed by atoms with Gasteiger partial charge in [0.2, 0.25) is 15.9 Å². The number of likely N-dealkylation sites (N-methyl/N-ethyl adjacent to an activating group) is 1. The smallest absolute Gasteiger partial charge is 0.246 e. The van der Waals surface area contributed by atoms with Crippen LogP contribution in [0, 0.1) is 0 Å². The van der Waals surface area contributed by atoms with E-state index in [0.29, 0.717) is 19.4 Å². The average molecular weight is 272 g/mol. The molecule has 1 N–H and O–H groups in total. The molecule has 1 aliphatic heterocycles. The lowest BCUT2D eigenvalue weighted by molar-refractivity contribution is -0.123. The number of aryl methyl sites for hydroxylation is 1. The first-order valence-electron chi connectivity index (χ1n) is 5.69. The van der Waals surface area contributed by atoms with E-state index in [0.717, 1.165) is 0 Å². The first-order chi connectivity index (χ1) is 8.46. The summed E-state index contributed by atoms with van der Waals surface area (Å²) in [5, 5.41) is 6.35. The lowest BCUT2D eigenvalue weighted by Crippen LogP contribution is -2.44. The van der Waals surface area contributed by atoms with Crippen LogP contribution in [0.4, 0.5) is 0 Å². The number of hydrogen-bond donors (Lipinski definition) is 1. The SMILES string of the molecule is CNC(=O)C1CCCN1S(=O)(=O)c1cnn(C)c1. The Labute approximate surface area is 106 Å². The molecule has 2 rings (SSSR count). The van der Waals surface area contributed by atoms with Gasteiger partial charge in [0.1, 0.15) is 10.9 Å². The number of nitrogens with zero attached hydrogens (tertiary/aromatic N) is 3. The van der Waals surface area contributed by atoms with Gasteiger partial charge in [-0.15, -0.1) is 0 Å². The summed E-state index contributed by atoms with van der Waals surface area (Å²) in [6.07, 6.45) is 3.99. The maximum atomic E-state index is 12.4. The van der Waals surface area contributed by atoms with E-state index in [1.165, 1.54) is 28.4 Å². The molecule has 0 saturated carbocycles. The van der Waals surface area contributed by atoms with E-state index in [1.807, 2.05) is 0 Å². The van der Waals surface area contributed by atoms with Crippen LogP contribution in [0.1, 0.15) is 12.8 Å². The minimum Gasteiger partial charge on any atom is -0.358 e. The van der Waals surface area contributed by atoms with Crippen LogP contribution in [-0.2, 0) is 21.9 Å². The van der Waals surface area contributed by atoms with Crippen molar-refractivity contribution in [1.29, 1.82) is 0 Å². The van der Waals surface area contributed by atoms with Crippen LogP contribution < -0.4 is 5.32 Å². The fraction of sp³-hybridized carbons (Fsp3) is 0.600. The molecule has 100 valence electrons. The monoisotopic (exact) mass is 272 g/mol. The topological polar surface area (TPSA) is 84.3 Å². The predicted octanol–water partition coefficient (Wildman–Crippen LogP) is -0.681. The molecule has 1 aromatic rings. The van der Waals surface area contributed by atoms with E-state index in [4.69, 9.17) is 0 Å². The van der Waals surface area contributed by atoms with Crippen molar-refractivity contribution in [2.24, 2.45) is 7.05 Å². The zero-order valence-electron chi connectivity index (χ0n) is 10.3. The zero-order valence-corrected chi connectivity index (χ0v) is 11.1. The van der Waals surface area contributed by atoms with Crippen molar-refractivity contribution >= 4 is 15.9 Å². The fourth-order valence-electron chi connectivity index (χ4n) is 2.12. The molecule has 0 aromatic carbocycles. The zero-order chi connectivity index (χ0) is 13.3. The molecule has 0 radical (unpaired) electrons. The van der Waals surface area contributed by atoms with Crippen molar-refractivity contribution < 1.29 is 13.2 Å². The molecule has 1 fully saturated rings. The highest BCUT2D eigenvalue weighted by atomic mass is 32.2. The van der Waals surface area contributed by atoms with Gasteiger partial charge in [-0.1, -0.05) is 0 Å². The molecule has 8 heteroatoms. The van der Waals surface area contributed by atoms with Gasteiger partial charge in [-0.05, 0) is 12.8 Å². The standard InChI is InChI=1S/C10H16N4O3S/c1-11-10(15)9-4-3-5-14(9)18(16,17)8-6-12-13(2)7-8/h6-7,9H,3-5H2,1-2H3,(H,11,15). The maximum Gasteiger partial charge on any atom is 0.246 e. The molecule has 1 atom stereocenters. The van der Waals surface area contributed by atoms with Crippen LogP contribution in [0.3, 0.4) is 0 Å². The van der Waals surface area contributed by atoms with Crippen LogP contribution in [0.15, 0.2) is 17.3 Å². The summed E-state index contributed by atoms with van der Waals surface area (Å²) in [5.74, 6) is -0.264. The Morgan fingerprint density at radius 2 is 2.28 bits per heavy atom. The summed E-state index contributed by atoms with van der Waals surface area (Å²) in [7, 11) is -0.472. The van der Waals surface area contributed by atoms with Gasteiger partial charge in [-0.25, -0.2) is 8.42 Å². The summed E-state index contributed by atoms with van der Waals surface area (Å²) in [6.45, 7) is 0.370. The van der Waals surface area contributed by atoms with E-state index in [2.05, 4.69) is 10.4 Å².